The molecule has 7 heteroatoms. The number of carbonyl (C=O) groups is 1. The Morgan fingerprint density at radius 3 is 2.60 bits per heavy atom. The standard InChI is InChI=1S/C23H16ClFN2O3/c1-27-13-18(22(28)17-12-15(25)8-9-20(17)27)23(29)26-19-11-14(24)7-10-21(19)30-16-5-3-2-4-6-16/h2-13H,1H3,(H,26,29). The minimum absolute atomic E-state index is 0.122. The number of pyridine rings is 1. The van der Waals surface area contributed by atoms with Crippen LogP contribution in [0, 0.1) is 5.82 Å². The number of carbonyl (C=O) groups excluding carboxylic acids is 1. The van der Waals surface area contributed by atoms with Crippen molar-refractivity contribution in [3.05, 3.63) is 99.6 Å². The maximum atomic E-state index is 13.7. The molecule has 0 aliphatic carbocycles. The molecule has 0 saturated carbocycles. The first-order valence-electron chi connectivity index (χ1n) is 9.05. The lowest BCUT2D eigenvalue weighted by atomic mass is 10.1. The molecule has 0 radical (unpaired) electrons. The topological polar surface area (TPSA) is 60.3 Å². The predicted molar refractivity (Wildman–Crippen MR) is 115 cm³/mol. The van der Waals surface area contributed by atoms with Crippen molar-refractivity contribution in [2.45, 2.75) is 0 Å². The molecular formula is C23H16ClFN2O3. The Morgan fingerprint density at radius 1 is 1.07 bits per heavy atom. The minimum Gasteiger partial charge on any atom is -0.455 e. The van der Waals surface area contributed by atoms with Gasteiger partial charge in [-0.25, -0.2) is 4.39 Å². The van der Waals surface area contributed by atoms with Gasteiger partial charge in [0.25, 0.3) is 5.91 Å². The van der Waals surface area contributed by atoms with Crippen molar-refractivity contribution in [3.63, 3.8) is 0 Å². The molecule has 5 nitrogen and oxygen atoms in total. The quantitative estimate of drug-likeness (QED) is 0.480. The van der Waals surface area contributed by atoms with Crippen LogP contribution in [0.5, 0.6) is 11.5 Å². The fourth-order valence-electron chi connectivity index (χ4n) is 3.12. The van der Waals surface area contributed by atoms with E-state index in [1.165, 1.54) is 24.4 Å². The lowest BCUT2D eigenvalue weighted by molar-refractivity contribution is 0.102. The van der Waals surface area contributed by atoms with Crippen LogP contribution in [0.2, 0.25) is 5.02 Å². The molecule has 1 N–H and O–H groups in total. The smallest absolute Gasteiger partial charge is 0.261 e. The zero-order chi connectivity index (χ0) is 21.3. The number of amides is 1. The van der Waals surface area contributed by atoms with E-state index in [1.54, 1.807) is 35.9 Å². The van der Waals surface area contributed by atoms with Gasteiger partial charge in [0.1, 0.15) is 17.1 Å². The molecule has 4 aromatic rings. The van der Waals surface area contributed by atoms with E-state index in [0.717, 1.165) is 6.07 Å². The number of nitrogens with one attached hydrogen (secondary N) is 1. The molecule has 4 rings (SSSR count). The van der Waals surface area contributed by atoms with Gasteiger partial charge < -0.3 is 14.6 Å². The summed E-state index contributed by atoms with van der Waals surface area (Å²) in [6.45, 7) is 0. The number of nitrogens with zero attached hydrogens (tertiary/aromatic N) is 1. The number of para-hydroxylation sites is 1. The molecule has 0 fully saturated rings. The second-order valence-electron chi connectivity index (χ2n) is 6.65. The summed E-state index contributed by atoms with van der Waals surface area (Å²) in [5.41, 5.74) is 0.139. The number of hydrogen-bond acceptors (Lipinski definition) is 3. The van der Waals surface area contributed by atoms with Crippen LogP contribution in [0.4, 0.5) is 10.1 Å². The fourth-order valence-corrected chi connectivity index (χ4v) is 3.29. The van der Waals surface area contributed by atoms with Gasteiger partial charge in [-0.1, -0.05) is 29.8 Å². The lowest BCUT2D eigenvalue weighted by Gasteiger charge is -2.14. The van der Waals surface area contributed by atoms with Crippen LogP contribution in [0.25, 0.3) is 10.9 Å². The highest BCUT2D eigenvalue weighted by molar-refractivity contribution is 6.31. The average Bonchev–Trinajstić information content (AvgIpc) is 2.73. The monoisotopic (exact) mass is 422 g/mol. The average molecular weight is 423 g/mol. The Morgan fingerprint density at radius 2 is 1.83 bits per heavy atom. The molecule has 3 aromatic carbocycles. The Bertz CT molecular complexity index is 1320. The number of halogens is 2. The van der Waals surface area contributed by atoms with Crippen LogP contribution in [0.1, 0.15) is 10.4 Å². The van der Waals surface area contributed by atoms with Gasteiger partial charge in [0.15, 0.2) is 5.75 Å². The lowest BCUT2D eigenvalue weighted by Crippen LogP contribution is -2.23. The molecule has 30 heavy (non-hydrogen) atoms. The van der Waals surface area contributed by atoms with Crippen LogP contribution >= 0.6 is 11.6 Å². The van der Waals surface area contributed by atoms with Crippen molar-refractivity contribution >= 4 is 34.1 Å². The molecule has 1 aromatic heterocycles. The van der Waals surface area contributed by atoms with Gasteiger partial charge in [-0.15, -0.1) is 0 Å². The van der Waals surface area contributed by atoms with Crippen LogP contribution in [-0.4, -0.2) is 10.5 Å². The Kier molecular flexibility index (Phi) is 5.25. The van der Waals surface area contributed by atoms with Gasteiger partial charge in [-0.2, -0.15) is 0 Å². The van der Waals surface area contributed by atoms with Crippen molar-refractivity contribution < 1.29 is 13.9 Å². The summed E-state index contributed by atoms with van der Waals surface area (Å²) in [5.74, 6) is -0.262. The van der Waals surface area contributed by atoms with Crippen molar-refractivity contribution in [2.75, 3.05) is 5.32 Å². The Labute approximate surface area is 176 Å². The third-order valence-corrected chi connectivity index (χ3v) is 4.79. The summed E-state index contributed by atoms with van der Waals surface area (Å²) in [6.07, 6.45) is 1.42. The first kappa shape index (κ1) is 19.7. The summed E-state index contributed by atoms with van der Waals surface area (Å²) >= 11 is 6.09. The molecule has 1 amide bonds. The molecule has 0 spiro atoms. The SMILES string of the molecule is Cn1cc(C(=O)Nc2cc(Cl)ccc2Oc2ccccc2)c(=O)c2cc(F)ccc21. The highest BCUT2D eigenvalue weighted by atomic mass is 35.5. The molecular weight excluding hydrogens is 407 g/mol. The molecule has 1 heterocycles. The van der Waals surface area contributed by atoms with Gasteiger partial charge in [-0.3, -0.25) is 9.59 Å². The van der Waals surface area contributed by atoms with Crippen molar-refractivity contribution in [1.82, 2.24) is 4.57 Å². The van der Waals surface area contributed by atoms with Gasteiger partial charge in [-0.05, 0) is 48.5 Å². The van der Waals surface area contributed by atoms with E-state index in [-0.39, 0.29) is 10.9 Å². The maximum absolute atomic E-state index is 13.7. The normalized spacial score (nSPS) is 10.8. The van der Waals surface area contributed by atoms with E-state index in [0.29, 0.717) is 27.7 Å². The predicted octanol–water partition coefficient (Wildman–Crippen LogP) is 5.38. The Balaban J connectivity index is 1.72. The minimum atomic E-state index is -0.651. The van der Waals surface area contributed by atoms with Crippen molar-refractivity contribution in [1.29, 1.82) is 0 Å². The molecule has 0 atom stereocenters. The van der Waals surface area contributed by atoms with E-state index < -0.39 is 17.2 Å². The zero-order valence-electron chi connectivity index (χ0n) is 15.9. The number of hydrogen-bond donors (Lipinski definition) is 1. The molecule has 0 aliphatic rings. The molecule has 150 valence electrons. The van der Waals surface area contributed by atoms with Gasteiger partial charge in [0, 0.05) is 23.7 Å². The van der Waals surface area contributed by atoms with E-state index in [2.05, 4.69) is 5.32 Å². The summed E-state index contributed by atoms with van der Waals surface area (Å²) < 4.78 is 21.1. The number of benzene rings is 3. The number of anilines is 1. The van der Waals surface area contributed by atoms with Crippen LogP contribution < -0.4 is 15.5 Å². The maximum Gasteiger partial charge on any atom is 0.261 e. The van der Waals surface area contributed by atoms with Gasteiger partial charge >= 0.3 is 0 Å². The van der Waals surface area contributed by atoms with Crippen LogP contribution in [0.3, 0.4) is 0 Å². The largest absolute Gasteiger partial charge is 0.455 e. The second kappa shape index (κ2) is 8.00. The van der Waals surface area contributed by atoms with Crippen LogP contribution in [0.15, 0.2) is 77.7 Å². The third kappa shape index (κ3) is 3.90. The third-order valence-electron chi connectivity index (χ3n) is 4.56. The first-order valence-corrected chi connectivity index (χ1v) is 9.43. The van der Waals surface area contributed by atoms with Crippen LogP contribution in [-0.2, 0) is 7.05 Å². The second-order valence-corrected chi connectivity index (χ2v) is 7.09. The summed E-state index contributed by atoms with van der Waals surface area (Å²) in [4.78, 5) is 25.7. The molecule has 0 bridgehead atoms. The summed E-state index contributed by atoms with van der Waals surface area (Å²) in [7, 11) is 1.68. The van der Waals surface area contributed by atoms with E-state index in [4.69, 9.17) is 16.3 Å². The number of fused-ring (bicyclic) bond motifs is 1. The van der Waals surface area contributed by atoms with E-state index in [9.17, 15) is 14.0 Å². The number of aromatic nitrogens is 1. The highest BCUT2D eigenvalue weighted by Gasteiger charge is 2.17. The van der Waals surface area contributed by atoms with E-state index >= 15 is 0 Å². The first-order chi connectivity index (χ1) is 14.4. The number of aryl methyl sites for hydroxylation is 1. The molecule has 0 saturated heterocycles. The zero-order valence-corrected chi connectivity index (χ0v) is 16.6. The van der Waals surface area contributed by atoms with Gasteiger partial charge in [0.2, 0.25) is 5.43 Å². The molecule has 0 unspecified atom stereocenters. The number of rotatable bonds is 4. The van der Waals surface area contributed by atoms with Gasteiger partial charge in [0.05, 0.1) is 11.2 Å². The van der Waals surface area contributed by atoms with Crippen molar-refractivity contribution in [3.8, 4) is 11.5 Å². The highest BCUT2D eigenvalue weighted by Crippen LogP contribution is 2.32. The summed E-state index contributed by atoms with van der Waals surface area (Å²) in [5, 5.41) is 3.19. The van der Waals surface area contributed by atoms with E-state index in [1.807, 2.05) is 18.2 Å². The van der Waals surface area contributed by atoms with Crippen molar-refractivity contribution in [2.24, 2.45) is 7.05 Å². The molecule has 0 aliphatic heterocycles. The fraction of sp³-hybridized carbons (Fsp3) is 0.0435. The number of ether oxygens (including phenoxy) is 1. The Hall–Kier alpha value is -3.64. The summed E-state index contributed by atoms with van der Waals surface area (Å²) in [6, 6.07) is 17.7.